The van der Waals surface area contributed by atoms with Crippen molar-refractivity contribution in [1.82, 2.24) is 9.88 Å². The van der Waals surface area contributed by atoms with Gasteiger partial charge in [-0.25, -0.2) is 0 Å². The number of nitrogens with zero attached hydrogens (tertiary/aromatic N) is 3. The number of thiophene rings is 2. The van der Waals surface area contributed by atoms with Crippen LogP contribution in [0, 0.1) is 18.8 Å². The van der Waals surface area contributed by atoms with E-state index in [2.05, 4.69) is 74.7 Å². The summed E-state index contributed by atoms with van der Waals surface area (Å²) in [6.07, 6.45) is 1.89. The van der Waals surface area contributed by atoms with Crippen LogP contribution >= 0.6 is 22.7 Å². The van der Waals surface area contributed by atoms with Crippen molar-refractivity contribution in [3.05, 3.63) is 102 Å². The minimum Gasteiger partial charge on any atom is -0.508 e. The van der Waals surface area contributed by atoms with Crippen LogP contribution in [0.25, 0.3) is 42.2 Å². The predicted molar refractivity (Wildman–Crippen MR) is 174 cm³/mol. The Morgan fingerprint density at radius 2 is 1.83 bits per heavy atom. The fourth-order valence-electron chi connectivity index (χ4n) is 5.25. The van der Waals surface area contributed by atoms with Crippen LogP contribution in [0.1, 0.15) is 44.3 Å². The molecule has 0 unspecified atom stereocenters. The second-order valence-corrected chi connectivity index (χ2v) is 13.3. The molecule has 3 aromatic heterocycles. The summed E-state index contributed by atoms with van der Waals surface area (Å²) in [5.41, 5.74) is 5.33. The van der Waals surface area contributed by atoms with E-state index in [1.807, 2.05) is 43.1 Å². The molecule has 1 aliphatic rings. The molecule has 7 heteroatoms. The molecule has 0 radical (unpaired) electrons. The maximum atomic E-state index is 7.89. The van der Waals surface area contributed by atoms with Crippen LogP contribution in [0.3, 0.4) is 0 Å². The average Bonchev–Trinajstić information content (AvgIpc) is 3.70. The van der Waals surface area contributed by atoms with Crippen molar-refractivity contribution in [3.8, 4) is 22.1 Å². The van der Waals surface area contributed by atoms with Gasteiger partial charge >= 0.3 is 0 Å². The Bertz CT molecular complexity index is 2110. The molecule has 42 heavy (non-hydrogen) atoms. The second-order valence-electron chi connectivity index (χ2n) is 11.3. The number of benzene rings is 3. The molecule has 1 aliphatic heterocycles. The van der Waals surface area contributed by atoms with Crippen molar-refractivity contribution < 1.29 is 29.9 Å². The van der Waals surface area contributed by atoms with Crippen LogP contribution < -0.4 is 9.64 Å². The summed E-state index contributed by atoms with van der Waals surface area (Å²) in [5, 5.41) is 7.30. The molecule has 0 saturated heterocycles. The van der Waals surface area contributed by atoms with E-state index in [9.17, 15) is 0 Å². The van der Waals surface area contributed by atoms with E-state index in [1.54, 1.807) is 29.3 Å². The van der Waals surface area contributed by atoms with Gasteiger partial charge < -0.3 is 14.5 Å². The number of fused-ring (bicyclic) bond motifs is 5. The smallest absolute Gasteiger partial charge is 0.107 e. The first-order chi connectivity index (χ1) is 20.9. The largest absolute Gasteiger partial charge is 0.508 e. The van der Waals surface area contributed by atoms with Gasteiger partial charge in [0.25, 0.3) is 0 Å². The van der Waals surface area contributed by atoms with Gasteiger partial charge in [-0.3, -0.25) is 4.98 Å². The number of hydrogen-bond acceptors (Lipinski definition) is 6. The zero-order valence-electron chi connectivity index (χ0n) is 26.8. The molecule has 0 bridgehead atoms. The first-order valence-corrected chi connectivity index (χ1v) is 15.1. The van der Waals surface area contributed by atoms with Crippen LogP contribution in [-0.4, -0.2) is 16.9 Å². The number of aromatic nitrogens is 1. The zero-order valence-corrected chi connectivity index (χ0v) is 27.7. The minimum absolute atomic E-state index is 0. The van der Waals surface area contributed by atoms with Crippen LogP contribution in [0.15, 0.2) is 77.6 Å². The van der Waals surface area contributed by atoms with Gasteiger partial charge in [-0.2, -0.15) is 29.5 Å². The fraction of sp³-hybridized carbons (Fsp3) is 0.200. The summed E-state index contributed by atoms with van der Waals surface area (Å²) >= 11 is 3.30. The van der Waals surface area contributed by atoms with Crippen molar-refractivity contribution in [2.75, 3.05) is 11.9 Å². The van der Waals surface area contributed by atoms with Crippen LogP contribution in [0.5, 0.6) is 10.8 Å². The Kier molecular flexibility index (Phi) is 6.53. The number of pyridine rings is 1. The average molecular weight is 771 g/mol. The molecule has 3 aromatic carbocycles. The Labute approximate surface area is 273 Å². The first-order valence-electron chi connectivity index (χ1n) is 15.0. The second kappa shape index (κ2) is 10.8. The van der Waals surface area contributed by atoms with E-state index < -0.39 is 6.98 Å². The van der Waals surface area contributed by atoms with Gasteiger partial charge in [-0.15, -0.1) is 47.4 Å². The number of hydrogen-bond donors (Lipinski definition) is 0. The summed E-state index contributed by atoms with van der Waals surface area (Å²) in [4.78, 5) is 7.95. The van der Waals surface area contributed by atoms with Gasteiger partial charge in [0.2, 0.25) is 0 Å². The maximum Gasteiger partial charge on any atom is 0.107 e. The van der Waals surface area contributed by atoms with Crippen molar-refractivity contribution in [3.63, 3.8) is 0 Å². The molecule has 4 heterocycles. The SMILES string of the molecule is [2H]C([2H])([2H])N1[CH-]N(c2[c-]c(Oc3[c-]c4c(-c5cc(C(C)(C)C)ccn5)cc5c6ccsc6ccc5c4s3)ccc2)C(C)=C1C.[Pt]. The third kappa shape index (κ3) is 4.94. The van der Waals surface area contributed by atoms with E-state index >= 15 is 0 Å². The van der Waals surface area contributed by atoms with Crippen molar-refractivity contribution in [2.24, 2.45) is 0 Å². The van der Waals surface area contributed by atoms with E-state index in [1.165, 1.54) is 25.9 Å². The normalized spacial score (nSPS) is 15.3. The Morgan fingerprint density at radius 1 is 0.976 bits per heavy atom. The molecule has 0 aliphatic carbocycles. The van der Waals surface area contributed by atoms with Gasteiger partial charge in [-0.05, 0) is 77.9 Å². The van der Waals surface area contributed by atoms with Gasteiger partial charge in [0.1, 0.15) is 5.06 Å². The van der Waals surface area contributed by atoms with E-state index in [-0.39, 0.29) is 26.5 Å². The van der Waals surface area contributed by atoms with Crippen molar-refractivity contribution in [1.29, 1.82) is 0 Å². The standard InChI is InChI=1S/C35H30N3OS2.Pt/c1-21-22(2)38(20-37(21)6)24-8-7-9-25(17-24)39-33-19-30-29(31-16-23(12-14-36-31)35(3,4)5)18-28-26-13-15-40-32(26)11-10-27(28)34(30)41-33;/h7-16,18,20H,1-6H3;/q-3;/i6D3;. The summed E-state index contributed by atoms with van der Waals surface area (Å²) in [7, 11) is 0. The predicted octanol–water partition coefficient (Wildman–Crippen LogP) is 10.1. The molecule has 0 atom stereocenters. The van der Waals surface area contributed by atoms with Crippen LogP contribution in [0.4, 0.5) is 5.69 Å². The number of ether oxygens (including phenoxy) is 1. The molecule has 0 amide bonds. The number of allylic oxidation sites excluding steroid dienone is 2. The molecule has 0 spiro atoms. The van der Waals surface area contributed by atoms with E-state index in [0.717, 1.165) is 32.4 Å². The molecule has 0 N–H and O–H groups in total. The molecule has 4 nitrogen and oxygen atoms in total. The summed E-state index contributed by atoms with van der Waals surface area (Å²) in [6.45, 7) is 9.68. The Balaban J connectivity index is 0.00000357. The minimum atomic E-state index is -2.27. The molecule has 0 fully saturated rings. The molecular formula is C35H30N3OPtS2-3. The topological polar surface area (TPSA) is 28.6 Å². The first kappa shape index (κ1) is 25.3. The zero-order chi connectivity index (χ0) is 31.0. The maximum absolute atomic E-state index is 7.89. The van der Waals surface area contributed by atoms with Crippen molar-refractivity contribution in [2.45, 2.75) is 40.0 Å². The van der Waals surface area contributed by atoms with Crippen LogP contribution in [0.2, 0.25) is 0 Å². The number of rotatable bonds is 4. The van der Waals surface area contributed by atoms with Gasteiger partial charge in [0.05, 0.1) is 0 Å². The summed E-state index contributed by atoms with van der Waals surface area (Å²) < 4.78 is 32.4. The summed E-state index contributed by atoms with van der Waals surface area (Å²) in [5.74, 6) is 0.524. The third-order valence-electron chi connectivity index (χ3n) is 7.72. The van der Waals surface area contributed by atoms with Gasteiger partial charge in [0.15, 0.2) is 0 Å². The quantitative estimate of drug-likeness (QED) is 0.167. The third-order valence-corrected chi connectivity index (χ3v) is 9.60. The fourth-order valence-corrected chi connectivity index (χ4v) is 7.08. The molecule has 6 aromatic rings. The Hall–Kier alpha value is -3.18. The molecule has 216 valence electrons. The number of anilines is 1. The molecular weight excluding hydrogens is 738 g/mol. The monoisotopic (exact) mass is 770 g/mol. The van der Waals surface area contributed by atoms with Gasteiger partial charge in [0, 0.05) is 53.2 Å². The Morgan fingerprint density at radius 3 is 2.62 bits per heavy atom. The van der Waals surface area contributed by atoms with Crippen molar-refractivity contribution >= 4 is 59.3 Å². The van der Waals surface area contributed by atoms with E-state index in [0.29, 0.717) is 22.2 Å². The molecule has 7 rings (SSSR count). The summed E-state index contributed by atoms with van der Waals surface area (Å²) in [6, 6.07) is 25.6. The molecule has 0 saturated carbocycles. The van der Waals surface area contributed by atoms with Gasteiger partial charge in [-0.1, -0.05) is 42.5 Å². The van der Waals surface area contributed by atoms with E-state index in [4.69, 9.17) is 13.8 Å². The van der Waals surface area contributed by atoms with Crippen LogP contribution in [-0.2, 0) is 26.5 Å².